The lowest BCUT2D eigenvalue weighted by Crippen LogP contribution is -2.35. The molecule has 0 aromatic heterocycles. The van der Waals surface area contributed by atoms with Crippen LogP contribution in [0.1, 0.15) is 104 Å². The van der Waals surface area contributed by atoms with Crippen molar-refractivity contribution in [1.82, 2.24) is 10.6 Å². The molecule has 300 valence electrons. The largest absolute Gasteiger partial charge is 0.466 e. The molecule has 0 unspecified atom stereocenters. The first-order valence-corrected chi connectivity index (χ1v) is 21.3. The van der Waals surface area contributed by atoms with Crippen molar-refractivity contribution in [3.05, 3.63) is 215 Å². The van der Waals surface area contributed by atoms with Crippen molar-refractivity contribution in [3.63, 3.8) is 0 Å². The first-order chi connectivity index (χ1) is 27.7. The van der Waals surface area contributed by atoms with Crippen molar-refractivity contribution >= 4 is 23.0 Å². The number of halogens is 1. The zero-order chi connectivity index (χ0) is 41.3. The highest BCUT2D eigenvalue weighted by Crippen LogP contribution is 2.32. The molecule has 5 nitrogen and oxygen atoms in total. The maximum Gasteiger partial charge on any atom is 0.466 e. The summed E-state index contributed by atoms with van der Waals surface area (Å²) in [5.41, 5.74) is 13.9. The van der Waals surface area contributed by atoms with Gasteiger partial charge >= 0.3 is 7.12 Å². The lowest BCUT2D eigenvalue weighted by Gasteiger charge is -2.26. The Hall–Kier alpha value is -4.34. The van der Waals surface area contributed by atoms with Crippen LogP contribution in [-0.2, 0) is 0 Å². The van der Waals surface area contributed by atoms with Gasteiger partial charge in [0.25, 0.3) is 0 Å². The molecule has 0 heterocycles. The fourth-order valence-electron chi connectivity index (χ4n) is 6.77. The van der Waals surface area contributed by atoms with Crippen LogP contribution in [-0.4, -0.2) is 35.5 Å². The fraction of sp³-hybridized carbons (Fsp3) is 0.280. The number of alkyl halides is 1. The molecule has 0 aliphatic heterocycles. The van der Waals surface area contributed by atoms with Crippen LogP contribution in [0.15, 0.2) is 182 Å². The van der Waals surface area contributed by atoms with E-state index in [1.807, 2.05) is 67.6 Å². The lowest BCUT2D eigenvalue weighted by atomic mass is 9.85. The Kier molecular flexibility index (Phi) is 22.6. The van der Waals surface area contributed by atoms with Gasteiger partial charge in [-0.15, -0.1) is 0 Å². The van der Waals surface area contributed by atoms with Gasteiger partial charge in [-0.05, 0) is 39.9 Å². The third kappa shape index (κ3) is 16.6. The quantitative estimate of drug-likeness (QED) is 0.0557. The molecule has 0 bridgehead atoms. The van der Waals surface area contributed by atoms with Crippen molar-refractivity contribution in [3.8, 4) is 0 Å². The zero-order valence-electron chi connectivity index (χ0n) is 34.3. The highest BCUT2D eigenvalue weighted by molar-refractivity contribution is 9.09. The normalized spacial score (nSPS) is 13.6. The van der Waals surface area contributed by atoms with Crippen LogP contribution in [0.2, 0.25) is 0 Å². The van der Waals surface area contributed by atoms with E-state index in [1.54, 1.807) is 0 Å². The monoisotopic (exact) mass is 827 g/mol. The van der Waals surface area contributed by atoms with Gasteiger partial charge in [0, 0.05) is 47.7 Å². The molecule has 0 aliphatic rings. The minimum absolute atomic E-state index is 0.0420. The van der Waals surface area contributed by atoms with E-state index in [2.05, 4.69) is 176 Å². The molecule has 0 radical (unpaired) electrons. The summed E-state index contributed by atoms with van der Waals surface area (Å²) in [4.78, 5) is 0. The second kappa shape index (κ2) is 27.3. The average molecular weight is 829 g/mol. The summed E-state index contributed by atoms with van der Waals surface area (Å²) in [6.45, 7) is 11.8. The van der Waals surface area contributed by atoms with E-state index in [4.69, 9.17) is 15.8 Å². The highest BCUT2D eigenvalue weighted by atomic mass is 79.9. The molecule has 6 aromatic rings. The summed E-state index contributed by atoms with van der Waals surface area (Å²) >= 11 is 3.15. The maximum atomic E-state index is 9.09. The first-order valence-electron chi connectivity index (χ1n) is 20.2. The zero-order valence-corrected chi connectivity index (χ0v) is 35.9. The third-order valence-corrected chi connectivity index (χ3v) is 9.96. The molecule has 7 heteroatoms. The summed E-state index contributed by atoms with van der Waals surface area (Å²) in [5, 5.41) is 26.1. The van der Waals surface area contributed by atoms with E-state index in [-0.39, 0.29) is 24.4 Å². The number of benzene rings is 6. The predicted molar refractivity (Wildman–Crippen MR) is 248 cm³/mol. The van der Waals surface area contributed by atoms with Crippen LogP contribution in [0.25, 0.3) is 0 Å². The standard InChI is InChI=1S/C17H21N.C16H20BNO2.C15H17N.C2H5Br/c1-3-18-17(16-12-8-5-9-13-16)14(2)15-10-6-4-7-11-15;1-13(14-8-4-2-5-9-14)16(18-12-17(19)20)15-10-6-3-7-11-15;1-12(13-8-4-2-5-9-13)15(16)14-10-6-3-7-11-14;1-2-3/h4-14,17-18H,3H2,1-2H3;2-11,13,16,18-20H,12H2,1H3;2-12,15H,16H2,1H3;2H2,1H3/t14-,17+;13-,16+;12-,15+;/m000./s1. The summed E-state index contributed by atoms with van der Waals surface area (Å²) < 4.78 is 0. The summed E-state index contributed by atoms with van der Waals surface area (Å²) in [6, 6.07) is 62.9. The minimum atomic E-state index is -1.34. The number of rotatable bonds is 14. The first kappa shape index (κ1) is 47.0. The van der Waals surface area contributed by atoms with E-state index in [0.29, 0.717) is 17.9 Å². The van der Waals surface area contributed by atoms with Gasteiger partial charge < -0.3 is 26.4 Å². The van der Waals surface area contributed by atoms with Crippen molar-refractivity contribution in [2.45, 2.75) is 70.5 Å². The summed E-state index contributed by atoms with van der Waals surface area (Å²) in [5.74, 6) is 1.04. The predicted octanol–water partition coefficient (Wildman–Crippen LogP) is 11.2. The van der Waals surface area contributed by atoms with Crippen molar-refractivity contribution in [1.29, 1.82) is 0 Å². The Balaban J connectivity index is 0.000000222. The smallest absolute Gasteiger partial charge is 0.426 e. The van der Waals surface area contributed by atoms with Crippen LogP contribution in [0.4, 0.5) is 0 Å². The Labute approximate surface area is 352 Å². The Bertz CT molecular complexity index is 1800. The second-order valence-electron chi connectivity index (χ2n) is 14.0. The average Bonchev–Trinajstić information content (AvgIpc) is 3.27. The molecule has 6 aromatic carbocycles. The van der Waals surface area contributed by atoms with Crippen molar-refractivity contribution in [2.24, 2.45) is 5.73 Å². The summed E-state index contributed by atoms with van der Waals surface area (Å²) in [7, 11) is -1.34. The molecule has 6 atom stereocenters. The molecule has 6 N–H and O–H groups in total. The molecule has 0 aliphatic carbocycles. The molecule has 0 fully saturated rings. The summed E-state index contributed by atoms with van der Waals surface area (Å²) in [6.07, 6.45) is 0.150. The molecule has 6 rings (SSSR count). The van der Waals surface area contributed by atoms with Gasteiger partial charge in [-0.2, -0.15) is 0 Å². The topological polar surface area (TPSA) is 90.5 Å². The highest BCUT2D eigenvalue weighted by Gasteiger charge is 2.22. The van der Waals surface area contributed by atoms with Gasteiger partial charge in [0.2, 0.25) is 0 Å². The fourth-order valence-corrected chi connectivity index (χ4v) is 6.77. The number of nitrogens with two attached hydrogens (primary N) is 1. The van der Waals surface area contributed by atoms with E-state index >= 15 is 0 Å². The molecule has 0 amide bonds. The third-order valence-electron chi connectivity index (χ3n) is 9.96. The van der Waals surface area contributed by atoms with Gasteiger partial charge in [0.1, 0.15) is 0 Å². The Morgan fingerprint density at radius 2 is 0.719 bits per heavy atom. The molecule has 0 spiro atoms. The molecule has 0 saturated heterocycles. The van der Waals surface area contributed by atoms with E-state index < -0.39 is 7.12 Å². The molecule has 57 heavy (non-hydrogen) atoms. The Morgan fingerprint density at radius 1 is 0.456 bits per heavy atom. The molecular formula is C50H63BBrN3O2. The molecular weight excluding hydrogens is 765 g/mol. The molecule has 0 saturated carbocycles. The van der Waals surface area contributed by atoms with Gasteiger partial charge in [-0.3, -0.25) is 0 Å². The minimum Gasteiger partial charge on any atom is -0.426 e. The SMILES string of the molecule is CCBr.CCN[C@@H](c1ccccc1)[C@@H](C)c1ccccc1.C[C@@H](c1ccccc1)[C@@H](N)c1ccccc1.C[C@@H](c1ccccc1)[C@@H](NCB(O)O)c1ccccc1. The van der Waals surface area contributed by atoms with Gasteiger partial charge in [0.05, 0.1) is 0 Å². The number of hydrogen-bond acceptors (Lipinski definition) is 5. The van der Waals surface area contributed by atoms with E-state index in [1.165, 1.54) is 27.8 Å². The second-order valence-corrected chi connectivity index (χ2v) is 15.1. The van der Waals surface area contributed by atoms with Crippen LogP contribution >= 0.6 is 15.9 Å². The van der Waals surface area contributed by atoms with Crippen LogP contribution in [0.5, 0.6) is 0 Å². The van der Waals surface area contributed by atoms with Crippen LogP contribution < -0.4 is 16.4 Å². The number of hydrogen-bond donors (Lipinski definition) is 5. The van der Waals surface area contributed by atoms with E-state index in [9.17, 15) is 0 Å². The number of likely N-dealkylation sites (N-methyl/N-ethyl adjacent to an activating group) is 1. The van der Waals surface area contributed by atoms with Crippen molar-refractivity contribution < 1.29 is 10.0 Å². The number of nitrogens with one attached hydrogen (secondary N) is 2. The van der Waals surface area contributed by atoms with Gasteiger partial charge in [-0.25, -0.2) is 0 Å². The van der Waals surface area contributed by atoms with Gasteiger partial charge in [0.15, 0.2) is 0 Å². The van der Waals surface area contributed by atoms with Crippen LogP contribution in [0, 0.1) is 0 Å². The van der Waals surface area contributed by atoms with E-state index in [0.717, 1.165) is 17.4 Å². The van der Waals surface area contributed by atoms with Gasteiger partial charge in [-0.1, -0.05) is 233 Å². The maximum absolute atomic E-state index is 9.09. The Morgan fingerprint density at radius 3 is 1.02 bits per heavy atom. The van der Waals surface area contributed by atoms with Crippen molar-refractivity contribution in [2.75, 3.05) is 18.3 Å². The lowest BCUT2D eigenvalue weighted by molar-refractivity contribution is 0.385. The van der Waals surface area contributed by atoms with Crippen LogP contribution in [0.3, 0.4) is 0 Å².